The zero-order valence-corrected chi connectivity index (χ0v) is 18.7. The first-order valence-electron chi connectivity index (χ1n) is 9.97. The topological polar surface area (TPSA) is 48.2 Å². The number of halogens is 1. The van der Waals surface area contributed by atoms with Crippen molar-refractivity contribution in [2.45, 2.75) is 26.3 Å². The van der Waals surface area contributed by atoms with Crippen LogP contribution in [0.1, 0.15) is 28.5 Å². The van der Waals surface area contributed by atoms with Gasteiger partial charge in [-0.25, -0.2) is 0 Å². The fourth-order valence-electron chi connectivity index (χ4n) is 4.34. The third-order valence-electron chi connectivity index (χ3n) is 5.81. The van der Waals surface area contributed by atoms with Crippen molar-refractivity contribution in [1.82, 2.24) is 14.5 Å². The van der Waals surface area contributed by atoms with Crippen molar-refractivity contribution in [3.8, 4) is 5.75 Å². The van der Waals surface area contributed by atoms with Crippen LogP contribution in [0.25, 0.3) is 21.8 Å². The lowest BCUT2D eigenvalue weighted by atomic mass is 10.1. The maximum absolute atomic E-state index is 13.1. The summed E-state index contributed by atoms with van der Waals surface area (Å²) in [6.07, 6.45) is 2.85. The molecule has 1 atom stereocenters. The predicted molar refractivity (Wildman–Crippen MR) is 123 cm³/mol. The lowest BCUT2D eigenvalue weighted by Crippen LogP contribution is -2.35. The van der Waals surface area contributed by atoms with Crippen LogP contribution in [-0.2, 0) is 20.5 Å². The molecule has 0 saturated carbocycles. The van der Waals surface area contributed by atoms with Gasteiger partial charge in [0.1, 0.15) is 11.4 Å². The smallest absolute Gasteiger partial charge is 0.268 e. The monoisotopic (exact) mass is 423 g/mol. The molecule has 5 nitrogen and oxygen atoms in total. The first-order valence-corrected chi connectivity index (χ1v) is 10.3. The number of hydrogen-bond acceptors (Lipinski definition) is 2. The molecule has 0 aliphatic carbocycles. The minimum absolute atomic E-state index is 0.0321. The van der Waals surface area contributed by atoms with E-state index in [0.29, 0.717) is 10.7 Å². The summed E-state index contributed by atoms with van der Waals surface area (Å²) >= 11 is 6.16. The Bertz CT molecular complexity index is 1270. The number of carbonyl (C=O) groups is 1. The summed E-state index contributed by atoms with van der Waals surface area (Å²) in [5, 5.41) is 5.99. The zero-order valence-electron chi connectivity index (χ0n) is 17.9. The molecule has 0 aliphatic rings. The van der Waals surface area contributed by atoms with Gasteiger partial charge in [-0.3, -0.25) is 4.79 Å². The quantitative estimate of drug-likeness (QED) is 0.491. The molecule has 2 heterocycles. The van der Waals surface area contributed by atoms with Crippen molar-refractivity contribution < 1.29 is 9.53 Å². The molecule has 30 heavy (non-hydrogen) atoms. The number of rotatable bonds is 5. The number of methoxy groups -OCH3 is 1. The molecule has 2 aromatic heterocycles. The number of carbonyl (C=O) groups excluding carboxylic acids is 1. The lowest BCUT2D eigenvalue weighted by Gasteiger charge is -2.15. The second-order valence-corrected chi connectivity index (χ2v) is 8.36. The summed E-state index contributed by atoms with van der Waals surface area (Å²) in [6, 6.07) is 11.8. The Hall–Kier alpha value is -2.92. The molecule has 0 fully saturated rings. The van der Waals surface area contributed by atoms with Crippen LogP contribution in [0, 0.1) is 6.92 Å². The SMILES string of the molecule is COc1ccc2c(c1)c(C[C@H](C)NC(=O)c1c(C)c3cc(Cl)ccc3n1C)cn2C. The Kier molecular flexibility index (Phi) is 5.24. The van der Waals surface area contributed by atoms with E-state index in [-0.39, 0.29) is 11.9 Å². The minimum Gasteiger partial charge on any atom is -0.497 e. The van der Waals surface area contributed by atoms with Gasteiger partial charge in [0.05, 0.1) is 7.11 Å². The first kappa shape index (κ1) is 20.4. The van der Waals surface area contributed by atoms with Gasteiger partial charge in [-0.2, -0.15) is 0 Å². The van der Waals surface area contributed by atoms with Crippen LogP contribution >= 0.6 is 11.6 Å². The van der Waals surface area contributed by atoms with Gasteiger partial charge in [-0.05, 0) is 67.8 Å². The van der Waals surface area contributed by atoms with Crippen molar-refractivity contribution in [2.24, 2.45) is 14.1 Å². The molecule has 1 N–H and O–H groups in total. The summed E-state index contributed by atoms with van der Waals surface area (Å²) in [4.78, 5) is 13.1. The van der Waals surface area contributed by atoms with Crippen LogP contribution in [0.5, 0.6) is 5.75 Å². The number of aromatic nitrogens is 2. The Morgan fingerprint density at radius 1 is 1.13 bits per heavy atom. The van der Waals surface area contributed by atoms with Gasteiger partial charge in [-0.15, -0.1) is 0 Å². The number of fused-ring (bicyclic) bond motifs is 2. The van der Waals surface area contributed by atoms with Gasteiger partial charge in [0.25, 0.3) is 5.91 Å². The van der Waals surface area contributed by atoms with Gasteiger partial charge in [-0.1, -0.05) is 11.6 Å². The average Bonchev–Trinajstić information content (AvgIpc) is 3.14. The maximum atomic E-state index is 13.1. The van der Waals surface area contributed by atoms with E-state index >= 15 is 0 Å². The predicted octanol–water partition coefficient (Wildman–Crippen LogP) is 5.00. The fourth-order valence-corrected chi connectivity index (χ4v) is 4.51. The van der Waals surface area contributed by atoms with Crippen molar-refractivity contribution >= 4 is 39.3 Å². The van der Waals surface area contributed by atoms with E-state index in [4.69, 9.17) is 16.3 Å². The second kappa shape index (κ2) is 7.73. The van der Waals surface area contributed by atoms with Crippen molar-refractivity contribution in [1.29, 1.82) is 0 Å². The Labute approximate surface area is 181 Å². The third-order valence-corrected chi connectivity index (χ3v) is 6.05. The average molecular weight is 424 g/mol. The number of hydrogen-bond donors (Lipinski definition) is 1. The second-order valence-electron chi connectivity index (χ2n) is 7.92. The maximum Gasteiger partial charge on any atom is 0.268 e. The van der Waals surface area contributed by atoms with Crippen LogP contribution in [0.3, 0.4) is 0 Å². The van der Waals surface area contributed by atoms with E-state index in [9.17, 15) is 4.79 Å². The van der Waals surface area contributed by atoms with E-state index in [2.05, 4.69) is 28.2 Å². The van der Waals surface area contributed by atoms with Gasteiger partial charge in [0, 0.05) is 53.2 Å². The van der Waals surface area contributed by atoms with Crippen LogP contribution in [-0.4, -0.2) is 28.2 Å². The van der Waals surface area contributed by atoms with Crippen molar-refractivity contribution in [2.75, 3.05) is 7.11 Å². The van der Waals surface area contributed by atoms with Gasteiger partial charge in [0.15, 0.2) is 0 Å². The molecule has 0 aliphatic heterocycles. The number of benzene rings is 2. The summed E-state index contributed by atoms with van der Waals surface area (Å²) in [5.41, 5.74) is 4.93. The molecule has 2 aromatic carbocycles. The Balaban J connectivity index is 1.59. The van der Waals surface area contributed by atoms with E-state index < -0.39 is 0 Å². The van der Waals surface area contributed by atoms with Crippen LogP contribution in [0.4, 0.5) is 0 Å². The summed E-state index contributed by atoms with van der Waals surface area (Å²) in [6.45, 7) is 4.00. The highest BCUT2D eigenvalue weighted by atomic mass is 35.5. The molecule has 0 unspecified atom stereocenters. The van der Waals surface area contributed by atoms with Crippen LogP contribution < -0.4 is 10.1 Å². The fraction of sp³-hybridized carbons (Fsp3) is 0.292. The molecule has 0 saturated heterocycles. The molecule has 156 valence electrons. The summed E-state index contributed by atoms with van der Waals surface area (Å²) in [7, 11) is 5.62. The van der Waals surface area contributed by atoms with E-state index in [1.807, 2.05) is 56.8 Å². The van der Waals surface area contributed by atoms with E-state index in [1.165, 1.54) is 5.56 Å². The standard InChI is InChI=1S/C24H26ClN3O2/c1-14(10-16-13-27(3)21-9-7-18(30-5)12-20(16)21)26-24(29)23-15(2)19-11-17(25)6-8-22(19)28(23)4/h6-9,11-14H,10H2,1-5H3,(H,26,29)/t14-/m0/s1. The van der Waals surface area contributed by atoms with Gasteiger partial charge >= 0.3 is 0 Å². The van der Waals surface area contributed by atoms with Gasteiger partial charge in [0.2, 0.25) is 0 Å². The highest BCUT2D eigenvalue weighted by molar-refractivity contribution is 6.31. The zero-order chi connectivity index (χ0) is 21.6. The molecule has 0 radical (unpaired) electrons. The number of ether oxygens (including phenoxy) is 1. The van der Waals surface area contributed by atoms with E-state index in [0.717, 1.165) is 39.5 Å². The normalized spacial score (nSPS) is 12.5. The molecular weight excluding hydrogens is 398 g/mol. The summed E-state index contributed by atoms with van der Waals surface area (Å²) in [5.74, 6) is 0.754. The first-order chi connectivity index (χ1) is 14.3. The minimum atomic E-state index is -0.0763. The highest BCUT2D eigenvalue weighted by Crippen LogP contribution is 2.28. The molecule has 0 spiro atoms. The molecule has 0 bridgehead atoms. The van der Waals surface area contributed by atoms with Crippen LogP contribution in [0.2, 0.25) is 5.02 Å². The number of nitrogens with zero attached hydrogens (tertiary/aromatic N) is 2. The molecular formula is C24H26ClN3O2. The Morgan fingerprint density at radius 3 is 2.60 bits per heavy atom. The lowest BCUT2D eigenvalue weighted by molar-refractivity contribution is 0.0931. The Morgan fingerprint density at radius 2 is 1.87 bits per heavy atom. The molecule has 4 aromatic rings. The van der Waals surface area contributed by atoms with Crippen molar-refractivity contribution in [3.05, 3.63) is 64.4 Å². The van der Waals surface area contributed by atoms with Crippen LogP contribution in [0.15, 0.2) is 42.6 Å². The largest absolute Gasteiger partial charge is 0.497 e. The van der Waals surface area contributed by atoms with Gasteiger partial charge < -0.3 is 19.2 Å². The number of amides is 1. The number of nitrogens with one attached hydrogen (secondary N) is 1. The highest BCUT2D eigenvalue weighted by Gasteiger charge is 2.20. The number of aryl methyl sites for hydroxylation is 3. The summed E-state index contributed by atoms with van der Waals surface area (Å²) < 4.78 is 9.43. The van der Waals surface area contributed by atoms with E-state index in [1.54, 1.807) is 7.11 Å². The molecule has 1 amide bonds. The molecule has 4 rings (SSSR count). The third kappa shape index (κ3) is 3.43. The van der Waals surface area contributed by atoms with Crippen molar-refractivity contribution in [3.63, 3.8) is 0 Å². The molecule has 6 heteroatoms.